The molecule has 1 fully saturated rings. The van der Waals surface area contributed by atoms with Gasteiger partial charge in [0, 0.05) is 17.2 Å². The van der Waals surface area contributed by atoms with Crippen molar-refractivity contribution in [3.63, 3.8) is 0 Å². The van der Waals surface area contributed by atoms with Crippen LogP contribution in [0.25, 0.3) is 0 Å². The summed E-state index contributed by atoms with van der Waals surface area (Å²) in [5, 5.41) is 0. The molecular weight excluding hydrogens is 296 g/mol. The van der Waals surface area contributed by atoms with Crippen LogP contribution in [-0.2, 0) is 11.3 Å². The van der Waals surface area contributed by atoms with E-state index in [-0.39, 0.29) is 0 Å². The summed E-state index contributed by atoms with van der Waals surface area (Å²) in [6.07, 6.45) is 2.47. The Labute approximate surface area is 116 Å². The molecule has 17 heavy (non-hydrogen) atoms. The Morgan fingerprint density at radius 1 is 1.24 bits per heavy atom. The van der Waals surface area contributed by atoms with Gasteiger partial charge in [-0.3, -0.25) is 0 Å². The molecule has 0 bridgehead atoms. The van der Waals surface area contributed by atoms with E-state index in [0.29, 0.717) is 0 Å². The van der Waals surface area contributed by atoms with Crippen LogP contribution in [0.1, 0.15) is 18.4 Å². The summed E-state index contributed by atoms with van der Waals surface area (Å²) < 4.78 is 5.69. The smallest absolute Gasteiger partial charge is 0.0716 e. The predicted molar refractivity (Wildman–Crippen MR) is 78.9 cm³/mol. The molecule has 1 saturated heterocycles. The van der Waals surface area contributed by atoms with E-state index in [1.54, 1.807) is 0 Å². The molecule has 1 nitrogen and oxygen atoms in total. The summed E-state index contributed by atoms with van der Waals surface area (Å²) in [6.45, 7) is 1.63. The van der Waals surface area contributed by atoms with E-state index < -0.39 is 0 Å². The molecule has 1 aliphatic rings. The minimum atomic E-state index is 0.724. The molecule has 3 heteroatoms. The molecule has 2 atom stereocenters. The summed E-state index contributed by atoms with van der Waals surface area (Å²) in [6, 6.07) is 10.4. The maximum atomic E-state index is 5.69. The highest BCUT2D eigenvalue weighted by Gasteiger charge is 2.24. The van der Waals surface area contributed by atoms with Gasteiger partial charge < -0.3 is 4.74 Å². The highest BCUT2D eigenvalue weighted by atomic mass is 79.9. The minimum Gasteiger partial charge on any atom is -0.377 e. The third kappa shape index (κ3) is 4.65. The Balaban J connectivity index is 1.55. The first-order valence-corrected chi connectivity index (χ1v) is 8.27. The summed E-state index contributed by atoms with van der Waals surface area (Å²) in [7, 11) is 0. The summed E-state index contributed by atoms with van der Waals surface area (Å²) >= 11 is 5.81. The van der Waals surface area contributed by atoms with Crippen molar-refractivity contribution in [1.29, 1.82) is 0 Å². The van der Waals surface area contributed by atoms with Gasteiger partial charge in [-0.15, -0.1) is 0 Å². The molecule has 0 amide bonds. The highest BCUT2D eigenvalue weighted by Crippen LogP contribution is 2.32. The first-order valence-electron chi connectivity index (χ1n) is 6.20. The van der Waals surface area contributed by atoms with Gasteiger partial charge in [-0.1, -0.05) is 46.3 Å². The van der Waals surface area contributed by atoms with Crippen molar-refractivity contribution >= 4 is 27.7 Å². The molecule has 1 aromatic rings. The van der Waals surface area contributed by atoms with Crippen LogP contribution in [0.15, 0.2) is 30.3 Å². The van der Waals surface area contributed by atoms with Crippen LogP contribution in [0.2, 0.25) is 0 Å². The molecule has 2 rings (SSSR count). The van der Waals surface area contributed by atoms with Gasteiger partial charge in [-0.2, -0.15) is 11.8 Å². The molecule has 0 saturated carbocycles. The third-order valence-electron chi connectivity index (χ3n) is 3.10. The second kappa shape index (κ2) is 7.45. The van der Waals surface area contributed by atoms with Crippen molar-refractivity contribution in [1.82, 2.24) is 0 Å². The van der Waals surface area contributed by atoms with E-state index in [1.807, 2.05) is 6.07 Å². The topological polar surface area (TPSA) is 9.23 Å². The van der Waals surface area contributed by atoms with E-state index in [1.165, 1.54) is 29.9 Å². The van der Waals surface area contributed by atoms with Gasteiger partial charge in [0.05, 0.1) is 6.61 Å². The molecule has 1 aromatic carbocycles. The van der Waals surface area contributed by atoms with Crippen molar-refractivity contribution < 1.29 is 4.74 Å². The standard InChI is InChI=1S/C14H19BrOS/c15-14-11-17-10-13(14)7-4-8-16-9-12-5-2-1-3-6-12/h1-3,5-6,13-14H,4,7-11H2. The highest BCUT2D eigenvalue weighted by molar-refractivity contribution is 9.09. The number of hydrogen-bond donors (Lipinski definition) is 0. The molecule has 1 heterocycles. The number of benzene rings is 1. The van der Waals surface area contributed by atoms with E-state index in [0.717, 1.165) is 24.0 Å². The lowest BCUT2D eigenvalue weighted by Crippen LogP contribution is -2.12. The molecule has 0 spiro atoms. The molecule has 1 aliphatic heterocycles. The number of thioether (sulfide) groups is 1. The SMILES string of the molecule is BrC1CSCC1CCCOCc1ccccc1. The minimum absolute atomic E-state index is 0.724. The van der Waals surface area contributed by atoms with Gasteiger partial charge in [-0.05, 0) is 30.1 Å². The molecule has 2 unspecified atom stereocenters. The fourth-order valence-electron chi connectivity index (χ4n) is 2.05. The maximum absolute atomic E-state index is 5.69. The van der Waals surface area contributed by atoms with Crippen LogP contribution < -0.4 is 0 Å². The largest absolute Gasteiger partial charge is 0.377 e. The summed E-state index contributed by atoms with van der Waals surface area (Å²) in [4.78, 5) is 0.724. The fourth-order valence-corrected chi connectivity index (χ4v) is 4.64. The van der Waals surface area contributed by atoms with Crippen molar-refractivity contribution in [3.8, 4) is 0 Å². The van der Waals surface area contributed by atoms with Gasteiger partial charge in [0.25, 0.3) is 0 Å². The second-order valence-corrected chi connectivity index (χ2v) is 6.75. The van der Waals surface area contributed by atoms with Gasteiger partial charge in [0.1, 0.15) is 0 Å². The quantitative estimate of drug-likeness (QED) is 0.577. The molecule has 0 N–H and O–H groups in total. The van der Waals surface area contributed by atoms with Gasteiger partial charge in [0.2, 0.25) is 0 Å². The van der Waals surface area contributed by atoms with Crippen molar-refractivity contribution in [2.24, 2.45) is 5.92 Å². The van der Waals surface area contributed by atoms with Crippen LogP contribution >= 0.6 is 27.7 Å². The Kier molecular flexibility index (Phi) is 5.89. The van der Waals surface area contributed by atoms with E-state index in [4.69, 9.17) is 4.74 Å². The van der Waals surface area contributed by atoms with Crippen LogP contribution in [0, 0.1) is 5.92 Å². The Hall–Kier alpha value is 0.01000. The zero-order valence-electron chi connectivity index (χ0n) is 9.98. The number of alkyl halides is 1. The summed E-state index contributed by atoms with van der Waals surface area (Å²) in [5.74, 6) is 3.43. The fraction of sp³-hybridized carbons (Fsp3) is 0.571. The molecule has 0 radical (unpaired) electrons. The number of halogens is 1. The first-order chi connectivity index (χ1) is 8.36. The number of ether oxygens (including phenoxy) is 1. The van der Waals surface area contributed by atoms with Crippen LogP contribution in [0.5, 0.6) is 0 Å². The lowest BCUT2D eigenvalue weighted by molar-refractivity contribution is 0.115. The molecule has 0 aromatic heterocycles. The molecule has 94 valence electrons. The van der Waals surface area contributed by atoms with Gasteiger partial charge in [0.15, 0.2) is 0 Å². The summed E-state index contributed by atoms with van der Waals surface area (Å²) in [5.41, 5.74) is 1.27. The lowest BCUT2D eigenvalue weighted by Gasteiger charge is -2.12. The van der Waals surface area contributed by atoms with E-state index >= 15 is 0 Å². The van der Waals surface area contributed by atoms with Crippen molar-refractivity contribution in [2.45, 2.75) is 24.3 Å². The lowest BCUT2D eigenvalue weighted by atomic mass is 10.0. The number of rotatable bonds is 6. The Bertz CT molecular complexity index is 317. The number of hydrogen-bond acceptors (Lipinski definition) is 2. The molecule has 0 aliphatic carbocycles. The molecular formula is C14H19BrOS. The van der Waals surface area contributed by atoms with Gasteiger partial charge >= 0.3 is 0 Å². The van der Waals surface area contributed by atoms with Gasteiger partial charge in [-0.25, -0.2) is 0 Å². The van der Waals surface area contributed by atoms with E-state index in [2.05, 4.69) is 52.0 Å². The van der Waals surface area contributed by atoms with Crippen LogP contribution in [-0.4, -0.2) is 22.9 Å². The first kappa shape index (κ1) is 13.4. The Morgan fingerprint density at radius 2 is 2.06 bits per heavy atom. The van der Waals surface area contributed by atoms with Crippen molar-refractivity contribution in [2.75, 3.05) is 18.1 Å². The zero-order chi connectivity index (χ0) is 11.9. The normalized spacial score (nSPS) is 24.1. The Morgan fingerprint density at radius 3 is 2.76 bits per heavy atom. The maximum Gasteiger partial charge on any atom is 0.0716 e. The zero-order valence-corrected chi connectivity index (χ0v) is 12.4. The van der Waals surface area contributed by atoms with E-state index in [9.17, 15) is 0 Å². The third-order valence-corrected chi connectivity index (χ3v) is 5.85. The second-order valence-electron chi connectivity index (χ2n) is 4.49. The van der Waals surface area contributed by atoms with Crippen molar-refractivity contribution in [3.05, 3.63) is 35.9 Å². The van der Waals surface area contributed by atoms with Crippen LogP contribution in [0.4, 0.5) is 0 Å². The average molecular weight is 315 g/mol. The van der Waals surface area contributed by atoms with Crippen LogP contribution in [0.3, 0.4) is 0 Å². The average Bonchev–Trinajstić information content (AvgIpc) is 2.76. The predicted octanol–water partition coefficient (Wildman–Crippen LogP) is 4.11. The monoisotopic (exact) mass is 314 g/mol.